The standard InChI is InChI=1S/C22H46N4O2.C6H9N3O2/c1-2-3-4-5-6-7-8-9-10-11-12-13-14-15-18-25-20(21(27)28)17-16-19-26-22(23)24;7-5(6(10)11)1-4-2-8-3-9-4/h20,25H,2-19H2,1H3,(H,27,28)(H4,23,24,26);2-3,5H,1,7H2,(H,8,9)(H,10,11). The zero-order chi connectivity index (χ0) is 29.1. The molecule has 2 unspecified atom stereocenters. The lowest BCUT2D eigenvalue weighted by molar-refractivity contribution is -0.140. The second-order valence-electron chi connectivity index (χ2n) is 10.1. The summed E-state index contributed by atoms with van der Waals surface area (Å²) in [6.45, 7) is 3.57. The quantitative estimate of drug-likeness (QED) is 0.0525. The number of carboxylic acids is 2. The molecule has 1 aromatic rings. The van der Waals surface area contributed by atoms with Crippen molar-refractivity contribution in [1.29, 1.82) is 5.41 Å². The first kappa shape index (κ1) is 36.3. The van der Waals surface area contributed by atoms with Crippen molar-refractivity contribution < 1.29 is 19.8 Å². The zero-order valence-electron chi connectivity index (χ0n) is 24.1. The molecule has 0 saturated heterocycles. The Morgan fingerprint density at radius 3 is 1.87 bits per heavy atom. The molecule has 11 nitrogen and oxygen atoms in total. The van der Waals surface area contributed by atoms with E-state index in [-0.39, 0.29) is 12.4 Å². The number of aliphatic carboxylic acids is 2. The fourth-order valence-electron chi connectivity index (χ4n) is 4.15. The Kier molecular flexibility index (Phi) is 23.9. The van der Waals surface area contributed by atoms with E-state index in [4.69, 9.17) is 22.0 Å². The maximum absolute atomic E-state index is 11.3. The number of rotatable bonds is 24. The van der Waals surface area contributed by atoms with Gasteiger partial charge < -0.3 is 37.3 Å². The van der Waals surface area contributed by atoms with Crippen LogP contribution in [0, 0.1) is 5.41 Å². The lowest BCUT2D eigenvalue weighted by atomic mass is 10.0. The number of carboxylic acid groups (broad SMARTS) is 2. The van der Waals surface area contributed by atoms with Gasteiger partial charge in [-0.25, -0.2) is 4.98 Å². The highest BCUT2D eigenvalue weighted by molar-refractivity contribution is 5.74. The summed E-state index contributed by atoms with van der Waals surface area (Å²) in [6, 6.07) is -1.37. The van der Waals surface area contributed by atoms with Crippen LogP contribution in [0.15, 0.2) is 12.5 Å². The largest absolute Gasteiger partial charge is 0.480 e. The second kappa shape index (κ2) is 25.6. The van der Waals surface area contributed by atoms with Gasteiger partial charge in [0, 0.05) is 19.2 Å². The van der Waals surface area contributed by atoms with E-state index in [2.05, 4.69) is 27.5 Å². The number of hydrogen-bond donors (Lipinski definition) is 8. The summed E-state index contributed by atoms with van der Waals surface area (Å²) < 4.78 is 0. The van der Waals surface area contributed by atoms with Crippen molar-refractivity contribution in [1.82, 2.24) is 20.6 Å². The Labute approximate surface area is 234 Å². The van der Waals surface area contributed by atoms with Crippen LogP contribution < -0.4 is 22.1 Å². The van der Waals surface area contributed by atoms with E-state index >= 15 is 0 Å². The van der Waals surface area contributed by atoms with Crippen LogP contribution in [0.5, 0.6) is 0 Å². The molecule has 0 radical (unpaired) electrons. The number of guanidine groups is 1. The first-order valence-electron chi connectivity index (χ1n) is 14.8. The highest BCUT2D eigenvalue weighted by Gasteiger charge is 2.15. The van der Waals surface area contributed by atoms with Crippen LogP contribution in [0.25, 0.3) is 0 Å². The Hall–Kier alpha value is -2.66. The molecule has 0 fully saturated rings. The number of carbonyl (C=O) groups is 2. The fraction of sp³-hybridized carbons (Fsp3) is 0.786. The zero-order valence-corrected chi connectivity index (χ0v) is 24.1. The van der Waals surface area contributed by atoms with Crippen LogP contribution >= 0.6 is 0 Å². The third-order valence-electron chi connectivity index (χ3n) is 6.51. The summed E-state index contributed by atoms with van der Waals surface area (Å²) in [5.41, 5.74) is 11.1. The van der Waals surface area contributed by atoms with Gasteiger partial charge in [0.05, 0.1) is 12.0 Å². The number of unbranched alkanes of at least 4 members (excludes halogenated alkanes) is 13. The Bertz CT molecular complexity index is 732. The van der Waals surface area contributed by atoms with E-state index in [1.807, 2.05) is 0 Å². The molecule has 10 N–H and O–H groups in total. The van der Waals surface area contributed by atoms with Crippen molar-refractivity contribution in [2.75, 3.05) is 13.1 Å². The summed E-state index contributed by atoms with van der Waals surface area (Å²) in [7, 11) is 0. The molecule has 0 aliphatic carbocycles. The molecule has 0 spiro atoms. The molecule has 0 aliphatic rings. The summed E-state index contributed by atoms with van der Waals surface area (Å²) in [5.74, 6) is -1.87. The number of nitrogens with zero attached hydrogens (tertiary/aromatic N) is 1. The van der Waals surface area contributed by atoms with Gasteiger partial charge in [0.15, 0.2) is 5.96 Å². The third kappa shape index (κ3) is 24.1. The Morgan fingerprint density at radius 1 is 0.897 bits per heavy atom. The molecule has 0 amide bonds. The monoisotopic (exact) mass is 553 g/mol. The molecule has 2 atom stereocenters. The maximum Gasteiger partial charge on any atom is 0.320 e. The molecule has 0 aliphatic heterocycles. The second-order valence-corrected chi connectivity index (χ2v) is 10.1. The topological polar surface area (TPSA) is 203 Å². The molecular formula is C28H55N7O4. The number of aromatic nitrogens is 2. The van der Waals surface area contributed by atoms with Crippen molar-refractivity contribution in [2.24, 2.45) is 11.5 Å². The van der Waals surface area contributed by atoms with E-state index in [1.165, 1.54) is 89.8 Å². The lowest BCUT2D eigenvalue weighted by Gasteiger charge is -2.14. The van der Waals surface area contributed by atoms with Crippen LogP contribution in [-0.4, -0.2) is 63.3 Å². The summed E-state index contributed by atoms with van der Waals surface area (Å²) >= 11 is 0. The smallest absolute Gasteiger partial charge is 0.320 e. The average molecular weight is 554 g/mol. The van der Waals surface area contributed by atoms with E-state index in [9.17, 15) is 14.7 Å². The van der Waals surface area contributed by atoms with Crippen molar-refractivity contribution in [2.45, 2.75) is 128 Å². The van der Waals surface area contributed by atoms with Crippen molar-refractivity contribution in [3.63, 3.8) is 0 Å². The van der Waals surface area contributed by atoms with Crippen LogP contribution in [0.1, 0.15) is 115 Å². The molecule has 0 bridgehead atoms. The van der Waals surface area contributed by atoms with Gasteiger partial charge >= 0.3 is 11.9 Å². The molecule has 39 heavy (non-hydrogen) atoms. The van der Waals surface area contributed by atoms with E-state index < -0.39 is 24.0 Å². The molecule has 226 valence electrons. The van der Waals surface area contributed by atoms with Crippen molar-refractivity contribution in [3.8, 4) is 0 Å². The first-order chi connectivity index (χ1) is 18.8. The van der Waals surface area contributed by atoms with Gasteiger partial charge in [-0.15, -0.1) is 0 Å². The van der Waals surface area contributed by atoms with Gasteiger partial charge in [0.1, 0.15) is 12.1 Å². The van der Waals surface area contributed by atoms with E-state index in [0.717, 1.165) is 13.0 Å². The Morgan fingerprint density at radius 2 is 1.44 bits per heavy atom. The maximum atomic E-state index is 11.3. The highest BCUT2D eigenvalue weighted by atomic mass is 16.4. The Balaban J connectivity index is 0.00000108. The third-order valence-corrected chi connectivity index (χ3v) is 6.51. The fourth-order valence-corrected chi connectivity index (χ4v) is 4.15. The van der Waals surface area contributed by atoms with Gasteiger partial charge in [-0.3, -0.25) is 15.0 Å². The number of nitrogens with one attached hydrogen (secondary N) is 4. The summed E-state index contributed by atoms with van der Waals surface area (Å²) in [5, 5.41) is 30.6. The minimum Gasteiger partial charge on any atom is -0.480 e. The normalized spacial score (nSPS) is 12.3. The molecule has 1 aromatic heterocycles. The van der Waals surface area contributed by atoms with Gasteiger partial charge in [0.25, 0.3) is 0 Å². The van der Waals surface area contributed by atoms with Gasteiger partial charge in [-0.1, -0.05) is 90.4 Å². The van der Waals surface area contributed by atoms with E-state index in [1.54, 1.807) is 6.20 Å². The van der Waals surface area contributed by atoms with E-state index in [0.29, 0.717) is 25.1 Å². The lowest BCUT2D eigenvalue weighted by Crippen LogP contribution is -2.38. The number of H-pyrrole nitrogens is 1. The molecule has 1 heterocycles. The summed E-state index contributed by atoms with van der Waals surface area (Å²) in [4.78, 5) is 28.1. The van der Waals surface area contributed by atoms with Gasteiger partial charge in [-0.05, 0) is 25.8 Å². The number of hydrogen-bond acceptors (Lipinski definition) is 6. The SMILES string of the molecule is CCCCCCCCCCCCCCCCNC(CCCNC(=N)N)C(=O)O.NC(Cc1c[nH]cn1)C(=O)O. The van der Waals surface area contributed by atoms with Gasteiger partial charge in [0.2, 0.25) is 0 Å². The van der Waals surface area contributed by atoms with Crippen LogP contribution in [-0.2, 0) is 16.0 Å². The van der Waals surface area contributed by atoms with Crippen molar-refractivity contribution >= 4 is 17.9 Å². The average Bonchev–Trinajstić information content (AvgIpc) is 3.40. The number of nitrogens with two attached hydrogens (primary N) is 2. The predicted molar refractivity (Wildman–Crippen MR) is 157 cm³/mol. The molecular weight excluding hydrogens is 498 g/mol. The molecule has 1 rings (SSSR count). The van der Waals surface area contributed by atoms with Crippen LogP contribution in [0.2, 0.25) is 0 Å². The van der Waals surface area contributed by atoms with Crippen molar-refractivity contribution in [3.05, 3.63) is 18.2 Å². The minimum absolute atomic E-state index is 0.0674. The van der Waals surface area contributed by atoms with Crippen LogP contribution in [0.3, 0.4) is 0 Å². The molecule has 11 heteroatoms. The number of imidazole rings is 1. The minimum atomic E-state index is -1.01. The summed E-state index contributed by atoms with van der Waals surface area (Å²) in [6.07, 6.45) is 23.2. The van der Waals surface area contributed by atoms with Gasteiger partial charge in [-0.2, -0.15) is 0 Å². The number of aromatic amines is 1. The molecule has 0 saturated carbocycles. The predicted octanol–water partition coefficient (Wildman–Crippen LogP) is 4.14. The highest BCUT2D eigenvalue weighted by Crippen LogP contribution is 2.13. The van der Waals surface area contributed by atoms with Crippen LogP contribution in [0.4, 0.5) is 0 Å². The molecule has 0 aromatic carbocycles. The first-order valence-corrected chi connectivity index (χ1v) is 14.8.